The topological polar surface area (TPSA) is 50.1 Å². The molecule has 37 heavy (non-hydrogen) atoms. The van der Waals surface area contributed by atoms with Gasteiger partial charge in [-0.1, -0.05) is 104 Å². The zero-order valence-corrected chi connectivity index (χ0v) is 25.9. The normalized spacial score (nSPS) is 13.8. The van der Waals surface area contributed by atoms with Crippen molar-refractivity contribution in [3.63, 3.8) is 0 Å². The first kappa shape index (κ1) is 35.3. The van der Waals surface area contributed by atoms with Crippen LogP contribution in [-0.2, 0) is 0 Å². The van der Waals surface area contributed by atoms with Crippen LogP contribution in [0.25, 0.3) is 0 Å². The van der Waals surface area contributed by atoms with Gasteiger partial charge in [0.05, 0.1) is 5.82 Å². The van der Waals surface area contributed by atoms with Crippen molar-refractivity contribution in [1.29, 1.82) is 0 Å². The van der Waals surface area contributed by atoms with E-state index < -0.39 is 0 Å². The van der Waals surface area contributed by atoms with Crippen LogP contribution in [0.2, 0.25) is 0 Å². The van der Waals surface area contributed by atoms with Crippen LogP contribution < -0.4 is 16.4 Å². The summed E-state index contributed by atoms with van der Waals surface area (Å²) in [7, 11) is 0. The van der Waals surface area contributed by atoms with Gasteiger partial charge in [0, 0.05) is 12.1 Å². The third-order valence-electron chi connectivity index (χ3n) is 6.47. The van der Waals surface area contributed by atoms with Gasteiger partial charge in [-0.3, -0.25) is 0 Å². The molecule has 0 heterocycles. The van der Waals surface area contributed by atoms with Crippen LogP contribution in [0.4, 0.5) is 0 Å². The number of hydrogen-bond donors (Lipinski definition) is 3. The minimum atomic E-state index is 0.184. The van der Waals surface area contributed by atoms with E-state index in [2.05, 4.69) is 97.6 Å². The fourth-order valence-electron chi connectivity index (χ4n) is 4.78. The third kappa shape index (κ3) is 20.0. The monoisotopic (exact) mass is 514 g/mol. The molecule has 0 aromatic rings. The van der Waals surface area contributed by atoms with Crippen LogP contribution in [0.1, 0.15) is 126 Å². The number of hydrogen-bond acceptors (Lipinski definition) is 3. The molecule has 3 heteroatoms. The molecule has 0 rings (SSSR count). The Labute approximate surface area is 232 Å². The van der Waals surface area contributed by atoms with Gasteiger partial charge in [0.1, 0.15) is 0 Å². The Hall–Kier alpha value is -1.74. The van der Waals surface area contributed by atoms with Crippen molar-refractivity contribution < 1.29 is 0 Å². The molecule has 0 saturated carbocycles. The number of nitrogens with one attached hydrogen (secondary N) is 2. The maximum atomic E-state index is 5.77. The molecule has 0 aromatic heterocycles. The van der Waals surface area contributed by atoms with Crippen molar-refractivity contribution in [2.45, 2.75) is 138 Å². The van der Waals surface area contributed by atoms with Crippen LogP contribution in [0.3, 0.4) is 0 Å². The Morgan fingerprint density at radius 1 is 0.730 bits per heavy atom. The first-order valence-corrected chi connectivity index (χ1v) is 14.8. The minimum Gasteiger partial charge on any atom is -0.366 e. The van der Waals surface area contributed by atoms with Crippen LogP contribution in [0, 0.1) is 10.8 Å². The van der Waals surface area contributed by atoms with E-state index in [4.69, 9.17) is 5.73 Å². The summed E-state index contributed by atoms with van der Waals surface area (Å²) in [4.78, 5) is 0. The SMILES string of the molecule is C=C(CC[C@H](NC(=C)NC(CCCCN)C(=C)CC(C)(C)C)C(=C)CCCC/C=C\CC)CC(C)(C)C. The molecule has 0 radical (unpaired) electrons. The molecule has 214 valence electrons. The average Bonchev–Trinajstić information content (AvgIpc) is 2.75. The fourth-order valence-corrected chi connectivity index (χ4v) is 4.78. The molecular weight excluding hydrogens is 450 g/mol. The highest BCUT2D eigenvalue weighted by Gasteiger charge is 2.21. The lowest BCUT2D eigenvalue weighted by molar-refractivity contribution is 0.383. The van der Waals surface area contributed by atoms with Crippen LogP contribution in [-0.4, -0.2) is 18.6 Å². The first-order valence-electron chi connectivity index (χ1n) is 14.8. The van der Waals surface area contributed by atoms with Crippen LogP contribution in [0.15, 0.2) is 61.0 Å². The van der Waals surface area contributed by atoms with Gasteiger partial charge in [0.25, 0.3) is 0 Å². The maximum Gasteiger partial charge on any atom is 0.0921 e. The smallest absolute Gasteiger partial charge is 0.0921 e. The summed E-state index contributed by atoms with van der Waals surface area (Å²) in [6, 6.07) is 0.379. The van der Waals surface area contributed by atoms with Gasteiger partial charge in [-0.05, 0) is 94.4 Å². The minimum absolute atomic E-state index is 0.184. The number of rotatable bonds is 21. The molecule has 2 atom stereocenters. The highest BCUT2D eigenvalue weighted by atomic mass is 15.1. The lowest BCUT2D eigenvalue weighted by Crippen LogP contribution is -2.41. The van der Waals surface area contributed by atoms with Gasteiger partial charge in [0.2, 0.25) is 0 Å². The summed E-state index contributed by atoms with van der Waals surface area (Å²) in [6.45, 7) is 34.3. The van der Waals surface area contributed by atoms with Gasteiger partial charge in [0.15, 0.2) is 0 Å². The lowest BCUT2D eigenvalue weighted by atomic mass is 9.84. The van der Waals surface area contributed by atoms with Gasteiger partial charge < -0.3 is 16.4 Å². The van der Waals surface area contributed by atoms with Gasteiger partial charge in [-0.25, -0.2) is 0 Å². The molecule has 1 unspecified atom stereocenters. The molecule has 0 aliphatic carbocycles. The largest absolute Gasteiger partial charge is 0.366 e. The molecule has 0 amide bonds. The van der Waals surface area contributed by atoms with E-state index in [1.54, 1.807) is 0 Å². The average molecular weight is 514 g/mol. The summed E-state index contributed by atoms with van der Waals surface area (Å²) in [5.74, 6) is 0.867. The maximum absolute atomic E-state index is 5.77. The Kier molecular flexibility index (Phi) is 17.6. The van der Waals surface area contributed by atoms with Gasteiger partial charge >= 0.3 is 0 Å². The fraction of sp³-hybridized carbons (Fsp3) is 0.706. The van der Waals surface area contributed by atoms with E-state index in [0.29, 0.717) is 0 Å². The van der Waals surface area contributed by atoms with E-state index >= 15 is 0 Å². The van der Waals surface area contributed by atoms with Gasteiger partial charge in [-0.2, -0.15) is 0 Å². The second-order valence-electron chi connectivity index (χ2n) is 13.4. The second kappa shape index (κ2) is 18.5. The molecular formula is C34H63N3. The molecule has 0 aliphatic heterocycles. The molecule has 0 saturated heterocycles. The molecule has 0 aromatic carbocycles. The van der Waals surface area contributed by atoms with Crippen molar-refractivity contribution in [2.75, 3.05) is 6.54 Å². The summed E-state index contributed by atoms with van der Waals surface area (Å²) in [5.41, 5.74) is 10.1. The Bertz CT molecular complexity index is 714. The third-order valence-corrected chi connectivity index (χ3v) is 6.47. The number of unbranched alkanes of at least 4 members (excludes halogenated alkanes) is 3. The zero-order chi connectivity index (χ0) is 28.5. The standard InChI is InChI=1S/C34H63N3/c1-12-13-14-15-16-17-20-28(3)32(23-22-27(2)25-33(6,7)8)37-30(5)36-31(21-18-19-24-35)29(4)26-34(9,10)11/h13-14,31-32,36-37H,2-5,12,15-26,35H2,1,6-11H3/b14-13-/t31?,32-/m0/s1. The van der Waals surface area contributed by atoms with Crippen molar-refractivity contribution in [3.05, 3.63) is 61.0 Å². The summed E-state index contributed by atoms with van der Waals surface area (Å²) in [5, 5.41) is 7.39. The van der Waals surface area contributed by atoms with E-state index in [9.17, 15) is 0 Å². The molecule has 4 N–H and O–H groups in total. The quantitative estimate of drug-likeness (QED) is 0.106. The first-order chi connectivity index (χ1) is 17.2. The summed E-state index contributed by atoms with van der Waals surface area (Å²) < 4.78 is 0. The van der Waals surface area contributed by atoms with Crippen LogP contribution >= 0.6 is 0 Å². The summed E-state index contributed by atoms with van der Waals surface area (Å²) >= 11 is 0. The molecule has 3 nitrogen and oxygen atoms in total. The van der Waals surface area contributed by atoms with Crippen molar-refractivity contribution in [3.8, 4) is 0 Å². The number of allylic oxidation sites excluding steroid dienone is 3. The Morgan fingerprint density at radius 2 is 1.32 bits per heavy atom. The van der Waals surface area contributed by atoms with E-state index in [0.717, 1.165) is 83.0 Å². The van der Waals surface area contributed by atoms with E-state index in [1.165, 1.54) is 23.1 Å². The van der Waals surface area contributed by atoms with E-state index in [1.807, 2.05) is 0 Å². The van der Waals surface area contributed by atoms with E-state index in [-0.39, 0.29) is 22.9 Å². The van der Waals surface area contributed by atoms with Crippen molar-refractivity contribution in [2.24, 2.45) is 16.6 Å². The predicted octanol–water partition coefficient (Wildman–Crippen LogP) is 9.35. The Balaban J connectivity index is 5.28. The van der Waals surface area contributed by atoms with Crippen molar-refractivity contribution >= 4 is 0 Å². The predicted molar refractivity (Wildman–Crippen MR) is 169 cm³/mol. The number of nitrogens with two attached hydrogens (primary N) is 1. The molecule has 0 spiro atoms. The van der Waals surface area contributed by atoms with Gasteiger partial charge in [-0.15, -0.1) is 0 Å². The lowest BCUT2D eigenvalue weighted by Gasteiger charge is -2.31. The highest BCUT2D eigenvalue weighted by Crippen LogP contribution is 2.28. The molecule has 0 bridgehead atoms. The second-order valence-corrected chi connectivity index (χ2v) is 13.4. The van der Waals surface area contributed by atoms with Crippen molar-refractivity contribution in [1.82, 2.24) is 10.6 Å². The Morgan fingerprint density at radius 3 is 1.86 bits per heavy atom. The zero-order valence-electron chi connectivity index (χ0n) is 25.9. The van der Waals surface area contributed by atoms with Crippen LogP contribution in [0.5, 0.6) is 0 Å². The molecule has 0 aliphatic rings. The molecule has 0 fully saturated rings. The summed E-state index contributed by atoms with van der Waals surface area (Å²) in [6.07, 6.45) is 17.4. The highest BCUT2D eigenvalue weighted by molar-refractivity contribution is 5.15.